The molecule has 1 aliphatic rings. The van der Waals surface area contributed by atoms with E-state index in [1.165, 1.54) is 7.11 Å². The van der Waals surface area contributed by atoms with Crippen molar-refractivity contribution in [3.8, 4) is 17.2 Å². The molecule has 2 rings (SSSR count). The molecule has 0 aliphatic carbocycles. The maximum atomic E-state index is 10.6. The molecule has 0 bridgehead atoms. The van der Waals surface area contributed by atoms with Crippen LogP contribution in [0.3, 0.4) is 0 Å². The summed E-state index contributed by atoms with van der Waals surface area (Å²) in [4.78, 5) is 10.6. The van der Waals surface area contributed by atoms with Crippen LogP contribution in [0, 0.1) is 0 Å². The van der Waals surface area contributed by atoms with Crippen molar-refractivity contribution in [2.75, 3.05) is 20.3 Å². The molecule has 1 atom stereocenters. The second-order valence-corrected chi connectivity index (χ2v) is 4.25. The second kappa shape index (κ2) is 5.79. The van der Waals surface area contributed by atoms with Crippen LogP contribution in [0.5, 0.6) is 17.2 Å². The lowest BCUT2D eigenvalue weighted by atomic mass is 10.0. The summed E-state index contributed by atoms with van der Waals surface area (Å²) >= 11 is 0. The molecule has 6 heteroatoms. The Morgan fingerprint density at radius 3 is 2.89 bits per heavy atom. The van der Waals surface area contributed by atoms with Gasteiger partial charge in [0.15, 0.2) is 11.5 Å². The minimum atomic E-state index is -0.869. The molecule has 19 heavy (non-hydrogen) atoms. The first-order valence-corrected chi connectivity index (χ1v) is 6.07. The minimum Gasteiger partial charge on any atom is -0.492 e. The molecule has 0 amide bonds. The van der Waals surface area contributed by atoms with E-state index in [1.54, 1.807) is 12.1 Å². The summed E-state index contributed by atoms with van der Waals surface area (Å²) in [6.45, 7) is 0.956. The van der Waals surface area contributed by atoms with E-state index in [-0.39, 0.29) is 6.42 Å². The monoisotopic (exact) mass is 267 g/mol. The van der Waals surface area contributed by atoms with Crippen molar-refractivity contribution in [1.82, 2.24) is 0 Å². The molecule has 0 aromatic heterocycles. The van der Waals surface area contributed by atoms with E-state index in [1.807, 2.05) is 0 Å². The third-order valence-corrected chi connectivity index (χ3v) is 2.97. The zero-order valence-electron chi connectivity index (χ0n) is 10.7. The maximum absolute atomic E-state index is 10.6. The van der Waals surface area contributed by atoms with Crippen LogP contribution in [0.4, 0.5) is 0 Å². The molecule has 1 aliphatic heterocycles. The fraction of sp³-hybridized carbons (Fsp3) is 0.462. The number of carboxylic acid groups (broad SMARTS) is 1. The zero-order valence-corrected chi connectivity index (χ0v) is 10.7. The van der Waals surface area contributed by atoms with E-state index in [4.69, 9.17) is 25.1 Å². The number of carboxylic acids is 1. The predicted molar refractivity (Wildman–Crippen MR) is 67.8 cm³/mol. The minimum absolute atomic E-state index is 0.0127. The first kappa shape index (κ1) is 13.5. The molecule has 0 fully saturated rings. The lowest BCUT2D eigenvalue weighted by Crippen LogP contribution is -2.18. The van der Waals surface area contributed by atoms with Crippen LogP contribution in [0.1, 0.15) is 24.4 Å². The normalized spacial score (nSPS) is 14.8. The van der Waals surface area contributed by atoms with Crippen molar-refractivity contribution >= 4 is 5.97 Å². The molecule has 104 valence electrons. The Hall–Kier alpha value is -1.95. The van der Waals surface area contributed by atoms with Crippen molar-refractivity contribution in [1.29, 1.82) is 0 Å². The quantitative estimate of drug-likeness (QED) is 0.836. The van der Waals surface area contributed by atoms with E-state index >= 15 is 0 Å². The topological polar surface area (TPSA) is 91.0 Å². The smallest absolute Gasteiger partial charge is 0.303 e. The standard InChI is InChI=1S/C13H17NO5/c1-17-12-8(9(14)3-5-11(15)16)2-4-10-13(12)19-7-6-18-10/h2,4,9H,3,5-7,14H2,1H3,(H,15,16). The van der Waals surface area contributed by atoms with E-state index < -0.39 is 12.0 Å². The van der Waals surface area contributed by atoms with Crippen LogP contribution in [-0.4, -0.2) is 31.4 Å². The van der Waals surface area contributed by atoms with Gasteiger partial charge in [-0.25, -0.2) is 0 Å². The highest BCUT2D eigenvalue weighted by Crippen LogP contribution is 2.43. The van der Waals surface area contributed by atoms with Gasteiger partial charge in [0, 0.05) is 18.0 Å². The number of benzene rings is 1. The zero-order chi connectivity index (χ0) is 13.8. The highest BCUT2D eigenvalue weighted by Gasteiger charge is 2.23. The molecular weight excluding hydrogens is 250 g/mol. The lowest BCUT2D eigenvalue weighted by molar-refractivity contribution is -0.137. The SMILES string of the molecule is COc1c(C(N)CCC(=O)O)ccc2c1OCCO2. The highest BCUT2D eigenvalue weighted by atomic mass is 16.6. The second-order valence-electron chi connectivity index (χ2n) is 4.25. The molecular formula is C13H17NO5. The Bertz CT molecular complexity index is 474. The Morgan fingerprint density at radius 2 is 2.21 bits per heavy atom. The van der Waals surface area contributed by atoms with Gasteiger partial charge in [0.2, 0.25) is 5.75 Å². The summed E-state index contributed by atoms with van der Waals surface area (Å²) in [5, 5.41) is 8.70. The van der Waals surface area contributed by atoms with Gasteiger partial charge in [-0.05, 0) is 18.6 Å². The summed E-state index contributed by atoms with van der Waals surface area (Å²) in [6, 6.07) is 3.15. The first-order chi connectivity index (χ1) is 9.13. The largest absolute Gasteiger partial charge is 0.492 e. The van der Waals surface area contributed by atoms with Crippen molar-refractivity contribution < 1.29 is 24.1 Å². The van der Waals surface area contributed by atoms with Crippen LogP contribution in [0.25, 0.3) is 0 Å². The average Bonchev–Trinajstić information content (AvgIpc) is 2.43. The summed E-state index contributed by atoms with van der Waals surface area (Å²) in [5.41, 5.74) is 6.74. The summed E-state index contributed by atoms with van der Waals surface area (Å²) in [7, 11) is 1.53. The molecule has 0 spiro atoms. The molecule has 1 aromatic rings. The van der Waals surface area contributed by atoms with Crippen LogP contribution >= 0.6 is 0 Å². The van der Waals surface area contributed by atoms with E-state index in [2.05, 4.69) is 0 Å². The van der Waals surface area contributed by atoms with Gasteiger partial charge in [0.05, 0.1) is 7.11 Å². The first-order valence-electron chi connectivity index (χ1n) is 6.07. The molecule has 1 aromatic carbocycles. The van der Waals surface area contributed by atoms with Gasteiger partial charge in [-0.3, -0.25) is 4.79 Å². The average molecular weight is 267 g/mol. The van der Waals surface area contributed by atoms with Gasteiger partial charge in [-0.2, -0.15) is 0 Å². The van der Waals surface area contributed by atoms with Crippen LogP contribution in [-0.2, 0) is 4.79 Å². The van der Waals surface area contributed by atoms with Crippen molar-refractivity contribution in [2.24, 2.45) is 5.73 Å². The number of rotatable bonds is 5. The molecule has 0 radical (unpaired) electrons. The van der Waals surface area contributed by atoms with E-state index in [0.717, 1.165) is 5.56 Å². The van der Waals surface area contributed by atoms with Gasteiger partial charge in [-0.1, -0.05) is 0 Å². The molecule has 3 N–H and O–H groups in total. The Balaban J connectivity index is 2.27. The number of fused-ring (bicyclic) bond motifs is 1. The van der Waals surface area contributed by atoms with Gasteiger partial charge in [0.25, 0.3) is 0 Å². The molecule has 6 nitrogen and oxygen atoms in total. The number of nitrogens with two attached hydrogens (primary N) is 1. The molecule has 1 unspecified atom stereocenters. The molecule has 0 saturated carbocycles. The van der Waals surface area contributed by atoms with Gasteiger partial charge in [-0.15, -0.1) is 0 Å². The third kappa shape index (κ3) is 2.90. The van der Waals surface area contributed by atoms with Crippen LogP contribution in [0.2, 0.25) is 0 Å². The summed E-state index contributed by atoms with van der Waals surface area (Å²) in [6.07, 6.45) is 0.351. The van der Waals surface area contributed by atoms with Crippen LogP contribution < -0.4 is 19.9 Å². The number of methoxy groups -OCH3 is 1. The van der Waals surface area contributed by atoms with E-state index in [9.17, 15) is 4.79 Å². The van der Waals surface area contributed by atoms with Crippen molar-refractivity contribution in [2.45, 2.75) is 18.9 Å². The third-order valence-electron chi connectivity index (χ3n) is 2.97. The van der Waals surface area contributed by atoms with Crippen LogP contribution in [0.15, 0.2) is 12.1 Å². The Labute approximate surface area is 111 Å². The van der Waals surface area contributed by atoms with Gasteiger partial charge < -0.3 is 25.1 Å². The number of aliphatic carboxylic acids is 1. The van der Waals surface area contributed by atoms with Gasteiger partial charge in [0.1, 0.15) is 13.2 Å². The number of hydrogen-bond donors (Lipinski definition) is 2. The summed E-state index contributed by atoms with van der Waals surface area (Å²) < 4.78 is 16.3. The van der Waals surface area contributed by atoms with E-state index in [0.29, 0.717) is 36.9 Å². The highest BCUT2D eigenvalue weighted by molar-refractivity contribution is 5.67. The maximum Gasteiger partial charge on any atom is 0.303 e. The Morgan fingerprint density at radius 1 is 1.47 bits per heavy atom. The van der Waals surface area contributed by atoms with Crippen molar-refractivity contribution in [3.63, 3.8) is 0 Å². The number of hydrogen-bond acceptors (Lipinski definition) is 5. The fourth-order valence-corrected chi connectivity index (χ4v) is 2.04. The van der Waals surface area contributed by atoms with Gasteiger partial charge >= 0.3 is 5.97 Å². The Kier molecular flexibility index (Phi) is 4.11. The predicted octanol–water partition coefficient (Wildman–Crippen LogP) is 1.33. The number of carbonyl (C=O) groups is 1. The lowest BCUT2D eigenvalue weighted by Gasteiger charge is -2.24. The van der Waals surface area contributed by atoms with Crippen molar-refractivity contribution in [3.05, 3.63) is 17.7 Å². The molecule has 1 heterocycles. The fourth-order valence-electron chi connectivity index (χ4n) is 2.04. The number of ether oxygens (including phenoxy) is 3. The molecule has 0 saturated heterocycles. The summed E-state index contributed by atoms with van der Waals surface area (Å²) in [5.74, 6) is 0.816.